The smallest absolute Gasteiger partial charge is 0.241 e. The first-order chi connectivity index (χ1) is 9.40. The van der Waals surface area contributed by atoms with Crippen LogP contribution in [0.4, 0.5) is 0 Å². The van der Waals surface area contributed by atoms with E-state index in [1.165, 1.54) is 11.3 Å². The number of rotatable bonds is 3. The van der Waals surface area contributed by atoms with Gasteiger partial charge in [-0.3, -0.25) is 9.59 Å². The van der Waals surface area contributed by atoms with Gasteiger partial charge >= 0.3 is 0 Å². The van der Waals surface area contributed by atoms with Crippen LogP contribution < -0.4 is 5.73 Å². The number of hydrogen-bond donors (Lipinski definition) is 1. The van der Waals surface area contributed by atoms with E-state index in [2.05, 4.69) is 0 Å². The number of amides is 2. The van der Waals surface area contributed by atoms with Gasteiger partial charge in [0.2, 0.25) is 11.8 Å². The van der Waals surface area contributed by atoms with Crippen molar-refractivity contribution in [3.8, 4) is 0 Å². The standard InChI is InChI=1S/C15H27N3O2/c1-17(2)13(19)9-18(3)15(20)12-7-10-5-4-6-11(8-12)14(10)16/h10-12,14H,4-9,16H2,1-3H3. The molecular weight excluding hydrogens is 254 g/mol. The fourth-order valence-corrected chi connectivity index (χ4v) is 3.72. The summed E-state index contributed by atoms with van der Waals surface area (Å²) >= 11 is 0. The molecule has 0 spiro atoms. The third-order valence-electron chi connectivity index (χ3n) is 5.01. The monoisotopic (exact) mass is 281 g/mol. The normalized spacial score (nSPS) is 32.6. The lowest BCUT2D eigenvalue weighted by atomic mass is 9.65. The van der Waals surface area contributed by atoms with Gasteiger partial charge < -0.3 is 15.5 Å². The van der Waals surface area contributed by atoms with Crippen molar-refractivity contribution in [3.05, 3.63) is 0 Å². The van der Waals surface area contributed by atoms with E-state index in [1.54, 1.807) is 26.0 Å². The van der Waals surface area contributed by atoms with Gasteiger partial charge in [0.05, 0.1) is 6.54 Å². The predicted molar refractivity (Wildman–Crippen MR) is 77.9 cm³/mol. The lowest BCUT2D eigenvalue weighted by molar-refractivity contribution is -0.142. The minimum absolute atomic E-state index is 0.0337. The van der Waals surface area contributed by atoms with Gasteiger partial charge in [0.1, 0.15) is 0 Å². The molecule has 2 amide bonds. The van der Waals surface area contributed by atoms with Gasteiger partial charge in [0.15, 0.2) is 0 Å². The zero-order valence-corrected chi connectivity index (χ0v) is 12.8. The predicted octanol–water partition coefficient (Wildman–Crippen LogP) is 0.687. The Morgan fingerprint density at radius 1 is 1.10 bits per heavy atom. The molecule has 20 heavy (non-hydrogen) atoms. The highest BCUT2D eigenvalue weighted by Crippen LogP contribution is 2.42. The van der Waals surface area contributed by atoms with E-state index in [0.29, 0.717) is 11.8 Å². The summed E-state index contributed by atoms with van der Waals surface area (Å²) in [5.74, 6) is 1.13. The maximum absolute atomic E-state index is 12.5. The SMILES string of the molecule is CN(C)C(=O)CN(C)C(=O)C1CC2CCCC(C1)C2N. The second kappa shape index (κ2) is 6.12. The molecule has 2 bridgehead atoms. The first-order valence-electron chi connectivity index (χ1n) is 7.61. The number of nitrogens with two attached hydrogens (primary N) is 1. The molecule has 2 unspecified atom stereocenters. The topological polar surface area (TPSA) is 66.6 Å². The molecule has 114 valence electrons. The zero-order chi connectivity index (χ0) is 14.9. The van der Waals surface area contributed by atoms with Crippen LogP contribution in [0, 0.1) is 17.8 Å². The first kappa shape index (κ1) is 15.3. The molecule has 5 heteroatoms. The van der Waals surface area contributed by atoms with Crippen LogP contribution in [0.5, 0.6) is 0 Å². The van der Waals surface area contributed by atoms with Crippen molar-refractivity contribution < 1.29 is 9.59 Å². The first-order valence-corrected chi connectivity index (χ1v) is 7.61. The van der Waals surface area contributed by atoms with Crippen molar-refractivity contribution in [2.45, 2.75) is 38.1 Å². The summed E-state index contributed by atoms with van der Waals surface area (Å²) in [5, 5.41) is 0. The Morgan fingerprint density at radius 3 is 2.15 bits per heavy atom. The summed E-state index contributed by atoms with van der Waals surface area (Å²) in [5.41, 5.74) is 6.26. The number of carbonyl (C=O) groups excluding carboxylic acids is 2. The minimum Gasteiger partial charge on any atom is -0.347 e. The molecule has 0 aromatic carbocycles. The van der Waals surface area contributed by atoms with Gasteiger partial charge in [0, 0.05) is 33.1 Å². The maximum atomic E-state index is 12.5. The highest BCUT2D eigenvalue weighted by molar-refractivity contribution is 5.85. The Kier molecular flexibility index (Phi) is 4.68. The highest BCUT2D eigenvalue weighted by Gasteiger charge is 2.41. The van der Waals surface area contributed by atoms with Crippen LogP contribution in [0.15, 0.2) is 0 Å². The summed E-state index contributed by atoms with van der Waals surface area (Å²) in [6.07, 6.45) is 5.36. The third-order valence-corrected chi connectivity index (χ3v) is 5.01. The van der Waals surface area contributed by atoms with Gasteiger partial charge in [0.25, 0.3) is 0 Å². The molecular formula is C15H27N3O2. The second-order valence-corrected chi connectivity index (χ2v) is 6.68. The molecule has 0 aromatic heterocycles. The Hall–Kier alpha value is -1.10. The van der Waals surface area contributed by atoms with Crippen LogP contribution in [-0.2, 0) is 9.59 Å². The van der Waals surface area contributed by atoms with Gasteiger partial charge in [-0.1, -0.05) is 6.42 Å². The molecule has 2 saturated carbocycles. The summed E-state index contributed by atoms with van der Waals surface area (Å²) in [6, 6.07) is 0.279. The number of hydrogen-bond acceptors (Lipinski definition) is 3. The van der Waals surface area contributed by atoms with Crippen LogP contribution >= 0.6 is 0 Å². The van der Waals surface area contributed by atoms with Gasteiger partial charge in [-0.25, -0.2) is 0 Å². The van der Waals surface area contributed by atoms with Crippen molar-refractivity contribution >= 4 is 11.8 Å². The van der Waals surface area contributed by atoms with Crippen LogP contribution in [0.25, 0.3) is 0 Å². The molecule has 2 N–H and O–H groups in total. The number of carbonyl (C=O) groups is 2. The molecule has 2 aliphatic carbocycles. The molecule has 0 aromatic rings. The van der Waals surface area contributed by atoms with Gasteiger partial charge in [-0.15, -0.1) is 0 Å². The Morgan fingerprint density at radius 2 is 1.65 bits per heavy atom. The van der Waals surface area contributed by atoms with Crippen LogP contribution in [0.3, 0.4) is 0 Å². The molecule has 2 atom stereocenters. The largest absolute Gasteiger partial charge is 0.347 e. The van der Waals surface area contributed by atoms with E-state index in [4.69, 9.17) is 5.73 Å². The second-order valence-electron chi connectivity index (χ2n) is 6.68. The van der Waals surface area contributed by atoms with E-state index in [9.17, 15) is 9.59 Å². The molecule has 0 aliphatic heterocycles. The number of fused-ring (bicyclic) bond motifs is 2. The molecule has 0 radical (unpaired) electrons. The van der Waals surface area contributed by atoms with Gasteiger partial charge in [-0.2, -0.15) is 0 Å². The van der Waals surface area contributed by atoms with Crippen molar-refractivity contribution in [3.63, 3.8) is 0 Å². The molecule has 0 heterocycles. The molecule has 5 nitrogen and oxygen atoms in total. The molecule has 2 aliphatic rings. The summed E-state index contributed by atoms with van der Waals surface area (Å²) in [4.78, 5) is 27.3. The number of nitrogens with zero attached hydrogens (tertiary/aromatic N) is 2. The Balaban J connectivity index is 1.94. The van der Waals surface area contributed by atoms with Crippen LogP contribution in [0.2, 0.25) is 0 Å². The van der Waals surface area contributed by atoms with Crippen LogP contribution in [0.1, 0.15) is 32.1 Å². The van der Waals surface area contributed by atoms with E-state index in [1.807, 2.05) is 0 Å². The summed E-state index contributed by atoms with van der Waals surface area (Å²) in [6.45, 7) is 0.170. The van der Waals surface area contributed by atoms with Crippen molar-refractivity contribution in [1.29, 1.82) is 0 Å². The quantitative estimate of drug-likeness (QED) is 0.827. The fourth-order valence-electron chi connectivity index (χ4n) is 3.72. The zero-order valence-electron chi connectivity index (χ0n) is 12.8. The summed E-state index contributed by atoms with van der Waals surface area (Å²) < 4.78 is 0. The van der Waals surface area contributed by atoms with E-state index in [0.717, 1.165) is 25.7 Å². The van der Waals surface area contributed by atoms with Crippen molar-refractivity contribution in [1.82, 2.24) is 9.80 Å². The average molecular weight is 281 g/mol. The minimum atomic E-state index is -0.0337. The lowest BCUT2D eigenvalue weighted by Crippen LogP contribution is -2.50. The van der Waals surface area contributed by atoms with Gasteiger partial charge in [-0.05, 0) is 37.5 Å². The lowest BCUT2D eigenvalue weighted by Gasteiger charge is -2.44. The third kappa shape index (κ3) is 3.14. The average Bonchev–Trinajstić information content (AvgIpc) is 2.37. The molecule has 2 rings (SSSR count). The Labute approximate surface area is 121 Å². The maximum Gasteiger partial charge on any atom is 0.241 e. The molecule has 0 saturated heterocycles. The van der Waals surface area contributed by atoms with E-state index < -0.39 is 0 Å². The fraction of sp³-hybridized carbons (Fsp3) is 0.867. The van der Waals surface area contributed by atoms with E-state index in [-0.39, 0.29) is 30.3 Å². The molecule has 2 fully saturated rings. The summed E-state index contributed by atoms with van der Waals surface area (Å²) in [7, 11) is 5.16. The van der Waals surface area contributed by atoms with Crippen LogP contribution in [-0.4, -0.2) is 55.3 Å². The number of likely N-dealkylation sites (N-methyl/N-ethyl adjacent to an activating group) is 2. The van der Waals surface area contributed by atoms with E-state index >= 15 is 0 Å². The van der Waals surface area contributed by atoms with Crippen molar-refractivity contribution in [2.24, 2.45) is 23.5 Å². The highest BCUT2D eigenvalue weighted by atomic mass is 16.2. The van der Waals surface area contributed by atoms with Crippen molar-refractivity contribution in [2.75, 3.05) is 27.7 Å². The Bertz CT molecular complexity index is 369.